The Morgan fingerprint density at radius 3 is 2.29 bits per heavy atom. The van der Waals surface area contributed by atoms with E-state index in [-0.39, 0.29) is 31.1 Å². The summed E-state index contributed by atoms with van der Waals surface area (Å²) in [6.07, 6.45) is 0.527. The van der Waals surface area contributed by atoms with Crippen LogP contribution in [-0.4, -0.2) is 69.9 Å². The van der Waals surface area contributed by atoms with Crippen molar-refractivity contribution in [3.63, 3.8) is 0 Å². The van der Waals surface area contributed by atoms with Gasteiger partial charge in [-0.2, -0.15) is 0 Å². The van der Waals surface area contributed by atoms with Crippen molar-refractivity contribution in [1.29, 1.82) is 0 Å². The van der Waals surface area contributed by atoms with E-state index in [2.05, 4.69) is 10.3 Å². The summed E-state index contributed by atoms with van der Waals surface area (Å²) in [5.74, 6) is -3.78. The van der Waals surface area contributed by atoms with Gasteiger partial charge in [-0.05, 0) is 30.5 Å². The molecule has 12 heteroatoms. The molecule has 31 heavy (non-hydrogen) atoms. The molecule has 12 nitrogen and oxygen atoms in total. The number of benzene rings is 1. The number of nitrogens with two attached hydrogens (primary N) is 3. The molecular formula is C19H28N6O6. The first-order valence-electron chi connectivity index (χ1n) is 9.45. The third kappa shape index (κ3) is 8.70. The quantitative estimate of drug-likeness (QED) is 0.132. The molecular weight excluding hydrogens is 408 g/mol. The van der Waals surface area contributed by atoms with E-state index in [1.807, 2.05) is 0 Å². The number of aliphatic carboxylic acids is 1. The van der Waals surface area contributed by atoms with Gasteiger partial charge in [0, 0.05) is 19.9 Å². The molecule has 0 aliphatic rings. The zero-order valence-corrected chi connectivity index (χ0v) is 17.2. The van der Waals surface area contributed by atoms with E-state index in [0.717, 1.165) is 6.92 Å². The summed E-state index contributed by atoms with van der Waals surface area (Å²) in [6, 6.07) is 3.28. The van der Waals surface area contributed by atoms with Gasteiger partial charge in [0.15, 0.2) is 5.96 Å². The number of rotatable bonds is 11. The number of hydrogen-bond acceptors (Lipinski definition) is 7. The summed E-state index contributed by atoms with van der Waals surface area (Å²) in [5, 5.41) is 21.2. The van der Waals surface area contributed by atoms with E-state index < -0.39 is 42.3 Å². The molecule has 0 radical (unpaired) electrons. The maximum Gasteiger partial charge on any atom is 0.327 e. The van der Waals surface area contributed by atoms with Gasteiger partial charge in [0.2, 0.25) is 17.7 Å². The van der Waals surface area contributed by atoms with Gasteiger partial charge in [0.05, 0.1) is 12.6 Å². The van der Waals surface area contributed by atoms with Crippen molar-refractivity contribution < 1.29 is 29.4 Å². The number of guanidine groups is 1. The molecule has 0 fully saturated rings. The van der Waals surface area contributed by atoms with Crippen molar-refractivity contribution in [3.05, 3.63) is 29.8 Å². The molecule has 0 aliphatic heterocycles. The van der Waals surface area contributed by atoms with E-state index in [4.69, 9.17) is 17.2 Å². The fourth-order valence-electron chi connectivity index (χ4n) is 2.74. The lowest BCUT2D eigenvalue weighted by Gasteiger charge is -2.26. The van der Waals surface area contributed by atoms with Crippen LogP contribution in [0.5, 0.6) is 5.75 Å². The van der Waals surface area contributed by atoms with E-state index in [9.17, 15) is 29.4 Å². The number of phenolic OH excluding ortho intramolecular Hbond substituents is 1. The second-order valence-electron chi connectivity index (χ2n) is 6.78. The third-order valence-corrected chi connectivity index (χ3v) is 4.29. The van der Waals surface area contributed by atoms with E-state index in [1.165, 1.54) is 24.3 Å². The van der Waals surface area contributed by atoms with Gasteiger partial charge in [-0.3, -0.25) is 24.3 Å². The summed E-state index contributed by atoms with van der Waals surface area (Å²) in [5.41, 5.74) is 16.6. The topological polar surface area (TPSA) is 214 Å². The summed E-state index contributed by atoms with van der Waals surface area (Å²) in [7, 11) is 0. The minimum atomic E-state index is -1.49. The van der Waals surface area contributed by atoms with Crippen LogP contribution in [0.2, 0.25) is 0 Å². The molecule has 0 aromatic heterocycles. The average Bonchev–Trinajstić information content (AvgIpc) is 2.69. The number of carbonyl (C=O) groups excluding carboxylic acids is 3. The van der Waals surface area contributed by atoms with Crippen molar-refractivity contribution in [1.82, 2.24) is 10.2 Å². The highest BCUT2D eigenvalue weighted by Gasteiger charge is 2.33. The van der Waals surface area contributed by atoms with Crippen LogP contribution in [0.4, 0.5) is 0 Å². The Balaban J connectivity index is 2.75. The first kappa shape index (κ1) is 25.4. The largest absolute Gasteiger partial charge is 0.508 e. The number of hydrogen-bond donors (Lipinski definition) is 6. The Kier molecular flexibility index (Phi) is 9.92. The average molecular weight is 436 g/mol. The highest BCUT2D eigenvalue weighted by Crippen LogP contribution is 2.14. The maximum absolute atomic E-state index is 12.5. The lowest BCUT2D eigenvalue weighted by Crippen LogP contribution is -2.53. The Bertz CT molecular complexity index is 822. The third-order valence-electron chi connectivity index (χ3n) is 4.29. The smallest absolute Gasteiger partial charge is 0.327 e. The molecule has 0 saturated carbocycles. The van der Waals surface area contributed by atoms with Gasteiger partial charge in [-0.15, -0.1) is 0 Å². The van der Waals surface area contributed by atoms with Gasteiger partial charge in [-0.1, -0.05) is 12.1 Å². The highest BCUT2D eigenvalue weighted by atomic mass is 16.4. The number of nitrogens with zero attached hydrogens (tertiary/aromatic N) is 2. The van der Waals surface area contributed by atoms with Crippen LogP contribution in [0.3, 0.4) is 0 Å². The summed E-state index contributed by atoms with van der Waals surface area (Å²) >= 11 is 0. The van der Waals surface area contributed by atoms with Crippen molar-refractivity contribution in [3.8, 4) is 5.75 Å². The van der Waals surface area contributed by atoms with Gasteiger partial charge >= 0.3 is 5.97 Å². The van der Waals surface area contributed by atoms with Crippen LogP contribution < -0.4 is 22.5 Å². The van der Waals surface area contributed by atoms with Crippen LogP contribution in [-0.2, 0) is 25.6 Å². The molecule has 170 valence electrons. The maximum atomic E-state index is 12.5. The number of aromatic hydroxyl groups is 1. The zero-order valence-electron chi connectivity index (χ0n) is 17.2. The fourth-order valence-corrected chi connectivity index (χ4v) is 2.74. The number of carboxylic acids is 1. The molecule has 2 atom stereocenters. The first-order valence-corrected chi connectivity index (χ1v) is 9.45. The van der Waals surface area contributed by atoms with E-state index in [0.29, 0.717) is 16.9 Å². The van der Waals surface area contributed by atoms with Crippen molar-refractivity contribution in [2.75, 3.05) is 13.1 Å². The molecule has 1 rings (SSSR count). The van der Waals surface area contributed by atoms with Gasteiger partial charge in [-0.25, -0.2) is 4.79 Å². The number of aliphatic imine (C=N–C) groups is 1. The van der Waals surface area contributed by atoms with Gasteiger partial charge < -0.3 is 32.7 Å². The number of imide groups is 1. The Morgan fingerprint density at radius 2 is 1.77 bits per heavy atom. The Morgan fingerprint density at radius 1 is 1.16 bits per heavy atom. The molecule has 0 saturated heterocycles. The van der Waals surface area contributed by atoms with Crippen LogP contribution in [0.25, 0.3) is 0 Å². The number of amides is 3. The number of phenols is 1. The molecule has 9 N–H and O–H groups in total. The second kappa shape index (κ2) is 12.1. The molecule has 1 aromatic carbocycles. The van der Waals surface area contributed by atoms with Crippen molar-refractivity contribution in [2.24, 2.45) is 22.2 Å². The SMILES string of the molecule is CC(=O)N(C(=O)CNC(=O)[C@@H](N)CCCN=C(N)N)[C@@H](Cc1ccc(O)cc1)C(=O)O. The molecule has 3 amide bonds. The van der Waals surface area contributed by atoms with E-state index in [1.54, 1.807) is 0 Å². The number of carbonyl (C=O) groups is 4. The predicted molar refractivity (Wildman–Crippen MR) is 112 cm³/mol. The lowest BCUT2D eigenvalue weighted by atomic mass is 10.0. The summed E-state index contributed by atoms with van der Waals surface area (Å²) in [4.78, 5) is 52.7. The van der Waals surface area contributed by atoms with Crippen LogP contribution in [0.1, 0.15) is 25.3 Å². The Labute approximate surface area is 179 Å². The number of nitrogens with one attached hydrogen (secondary N) is 1. The molecule has 0 spiro atoms. The normalized spacial score (nSPS) is 12.3. The number of carboxylic acid groups (broad SMARTS) is 1. The molecule has 0 aliphatic carbocycles. The van der Waals surface area contributed by atoms with Gasteiger partial charge in [0.1, 0.15) is 11.8 Å². The zero-order chi connectivity index (χ0) is 23.6. The summed E-state index contributed by atoms with van der Waals surface area (Å²) < 4.78 is 0. The molecule has 1 aromatic rings. The standard InChI is InChI=1S/C19H28N6O6/c1-11(26)25(15(18(30)31)9-12-4-6-13(27)7-5-12)16(28)10-24-17(29)14(20)3-2-8-23-19(21)22/h4-7,14-15,27H,2-3,8-10,20H2,1H3,(H,24,29)(H,30,31)(H4,21,22,23)/t14-,15-/m0/s1. The van der Waals surface area contributed by atoms with Crippen molar-refractivity contribution >= 4 is 29.7 Å². The summed E-state index contributed by atoms with van der Waals surface area (Å²) in [6.45, 7) is 0.749. The highest BCUT2D eigenvalue weighted by molar-refractivity contribution is 6.00. The molecule has 0 heterocycles. The van der Waals surface area contributed by atoms with Crippen LogP contribution in [0, 0.1) is 0 Å². The van der Waals surface area contributed by atoms with Crippen LogP contribution in [0.15, 0.2) is 29.3 Å². The minimum Gasteiger partial charge on any atom is -0.508 e. The van der Waals surface area contributed by atoms with Gasteiger partial charge in [0.25, 0.3) is 0 Å². The van der Waals surface area contributed by atoms with Crippen LogP contribution >= 0.6 is 0 Å². The minimum absolute atomic E-state index is 0.00697. The monoisotopic (exact) mass is 436 g/mol. The van der Waals surface area contributed by atoms with Crippen molar-refractivity contribution in [2.45, 2.75) is 38.3 Å². The molecule has 0 unspecified atom stereocenters. The molecule has 0 bridgehead atoms. The Hall–Kier alpha value is -3.67. The first-order chi connectivity index (χ1) is 14.5. The lowest BCUT2D eigenvalue weighted by molar-refractivity contribution is -0.157. The second-order valence-corrected chi connectivity index (χ2v) is 6.78. The predicted octanol–water partition coefficient (Wildman–Crippen LogP) is -1.74. The van der Waals surface area contributed by atoms with E-state index >= 15 is 0 Å². The fraction of sp³-hybridized carbons (Fsp3) is 0.421.